The second-order valence-corrected chi connectivity index (χ2v) is 8.03. The molecule has 1 heterocycles. The molecule has 0 aliphatic carbocycles. The van der Waals surface area contributed by atoms with Crippen molar-refractivity contribution >= 4 is 18.0 Å². The van der Waals surface area contributed by atoms with E-state index in [1.54, 1.807) is 41.5 Å². The van der Waals surface area contributed by atoms with Gasteiger partial charge in [-0.1, -0.05) is 0 Å². The Morgan fingerprint density at radius 3 is 2.21 bits per heavy atom. The van der Waals surface area contributed by atoms with Crippen LogP contribution in [-0.2, 0) is 23.8 Å². The van der Waals surface area contributed by atoms with Gasteiger partial charge in [0.05, 0.1) is 11.3 Å². The van der Waals surface area contributed by atoms with Gasteiger partial charge in [-0.05, 0) is 54.4 Å². The minimum absolute atomic E-state index is 0.251. The van der Waals surface area contributed by atoms with Gasteiger partial charge in [0.15, 0.2) is 0 Å². The Morgan fingerprint density at radius 1 is 1.04 bits per heavy atom. The van der Waals surface area contributed by atoms with Crippen LogP contribution in [0.1, 0.15) is 54.4 Å². The van der Waals surface area contributed by atoms with Gasteiger partial charge in [-0.2, -0.15) is 0 Å². The molecule has 0 aromatic rings. The standard InChI is InChI=1S/C17H29NO6/c1-16(2,3)14(20)23-11-22-13(19)12-8-7-9-18(10-12)15(21)24-17(4,5)6/h12H,7-11H2,1-6H3. The Morgan fingerprint density at radius 2 is 1.67 bits per heavy atom. The van der Waals surface area contributed by atoms with Crippen molar-refractivity contribution in [2.24, 2.45) is 11.3 Å². The van der Waals surface area contributed by atoms with Gasteiger partial charge in [-0.3, -0.25) is 9.59 Å². The SMILES string of the molecule is CC(C)(C)OC(=O)N1CCCC(C(=O)OCOC(=O)C(C)(C)C)C1. The molecule has 0 bridgehead atoms. The average Bonchev–Trinajstić information content (AvgIpc) is 2.44. The largest absolute Gasteiger partial charge is 0.444 e. The van der Waals surface area contributed by atoms with E-state index in [0.717, 1.165) is 0 Å². The topological polar surface area (TPSA) is 82.1 Å². The molecule has 1 atom stereocenters. The highest BCUT2D eigenvalue weighted by atomic mass is 16.7. The van der Waals surface area contributed by atoms with Crippen molar-refractivity contribution in [3.63, 3.8) is 0 Å². The second kappa shape index (κ2) is 7.85. The molecule has 24 heavy (non-hydrogen) atoms. The number of rotatable bonds is 3. The zero-order chi connectivity index (χ0) is 18.5. The maximum absolute atomic E-state index is 12.1. The van der Waals surface area contributed by atoms with Crippen molar-refractivity contribution in [3.8, 4) is 0 Å². The summed E-state index contributed by atoms with van der Waals surface area (Å²) in [6.07, 6.45) is 0.894. The summed E-state index contributed by atoms with van der Waals surface area (Å²) >= 11 is 0. The lowest BCUT2D eigenvalue weighted by Gasteiger charge is -2.33. The number of piperidine rings is 1. The number of hydrogen-bond acceptors (Lipinski definition) is 6. The predicted octanol–water partition coefficient (Wildman–Crippen LogP) is 2.72. The van der Waals surface area contributed by atoms with Crippen LogP contribution in [0, 0.1) is 11.3 Å². The highest BCUT2D eigenvalue weighted by molar-refractivity contribution is 5.76. The quantitative estimate of drug-likeness (QED) is 0.579. The first-order valence-electron chi connectivity index (χ1n) is 8.22. The molecule has 1 unspecified atom stereocenters. The highest BCUT2D eigenvalue weighted by Crippen LogP contribution is 2.21. The molecule has 1 amide bonds. The molecule has 0 N–H and O–H groups in total. The van der Waals surface area contributed by atoms with Gasteiger partial charge in [0.25, 0.3) is 0 Å². The Hall–Kier alpha value is -1.79. The monoisotopic (exact) mass is 343 g/mol. The Labute approximate surface area is 143 Å². The molecule has 1 aliphatic heterocycles. The van der Waals surface area contributed by atoms with E-state index in [9.17, 15) is 14.4 Å². The van der Waals surface area contributed by atoms with E-state index >= 15 is 0 Å². The number of ether oxygens (including phenoxy) is 3. The molecule has 7 heteroatoms. The molecular weight excluding hydrogens is 314 g/mol. The fraction of sp³-hybridized carbons (Fsp3) is 0.824. The Balaban J connectivity index is 2.45. The van der Waals surface area contributed by atoms with E-state index in [1.165, 1.54) is 4.90 Å². The molecule has 0 aromatic carbocycles. The molecule has 7 nitrogen and oxygen atoms in total. The van der Waals surface area contributed by atoms with Crippen LogP contribution in [0.3, 0.4) is 0 Å². The molecule has 0 radical (unpaired) electrons. The van der Waals surface area contributed by atoms with Crippen LogP contribution in [-0.4, -0.2) is 48.4 Å². The minimum atomic E-state index is -0.648. The molecule has 1 fully saturated rings. The van der Waals surface area contributed by atoms with Crippen LogP contribution < -0.4 is 0 Å². The summed E-state index contributed by atoms with van der Waals surface area (Å²) < 4.78 is 15.3. The summed E-state index contributed by atoms with van der Waals surface area (Å²) in [5.74, 6) is -1.33. The summed E-state index contributed by atoms with van der Waals surface area (Å²) in [7, 11) is 0. The van der Waals surface area contributed by atoms with E-state index in [1.807, 2.05) is 0 Å². The van der Waals surface area contributed by atoms with Crippen molar-refractivity contribution in [1.82, 2.24) is 4.90 Å². The molecule has 1 rings (SSSR count). The van der Waals surface area contributed by atoms with E-state index in [2.05, 4.69) is 0 Å². The Kier molecular flexibility index (Phi) is 6.63. The first-order valence-corrected chi connectivity index (χ1v) is 8.22. The fourth-order valence-corrected chi connectivity index (χ4v) is 2.14. The molecule has 0 saturated carbocycles. The van der Waals surface area contributed by atoms with E-state index in [4.69, 9.17) is 14.2 Å². The molecule has 0 spiro atoms. The van der Waals surface area contributed by atoms with E-state index in [-0.39, 0.29) is 6.54 Å². The fourth-order valence-electron chi connectivity index (χ4n) is 2.14. The van der Waals surface area contributed by atoms with Crippen molar-refractivity contribution in [3.05, 3.63) is 0 Å². The van der Waals surface area contributed by atoms with Gasteiger partial charge in [0.2, 0.25) is 6.79 Å². The number of hydrogen-bond donors (Lipinski definition) is 0. The van der Waals surface area contributed by atoms with Gasteiger partial charge in [-0.25, -0.2) is 4.79 Å². The van der Waals surface area contributed by atoms with Gasteiger partial charge >= 0.3 is 18.0 Å². The number of carbonyl (C=O) groups excluding carboxylic acids is 3. The number of likely N-dealkylation sites (tertiary alicyclic amines) is 1. The summed E-state index contributed by atoms with van der Waals surface area (Å²) in [6.45, 7) is 10.9. The van der Waals surface area contributed by atoms with Crippen LogP contribution in [0.5, 0.6) is 0 Å². The van der Waals surface area contributed by atoms with E-state index in [0.29, 0.717) is 19.4 Å². The third-order valence-electron chi connectivity index (χ3n) is 3.41. The zero-order valence-corrected chi connectivity index (χ0v) is 15.5. The summed E-state index contributed by atoms with van der Waals surface area (Å²) in [5.41, 5.74) is -1.23. The first kappa shape index (κ1) is 20.3. The molecule has 0 aromatic heterocycles. The maximum atomic E-state index is 12.1. The van der Waals surface area contributed by atoms with Crippen LogP contribution in [0.15, 0.2) is 0 Å². The normalized spacial score (nSPS) is 18.8. The lowest BCUT2D eigenvalue weighted by molar-refractivity contribution is -0.176. The van der Waals surface area contributed by atoms with Gasteiger partial charge < -0.3 is 19.1 Å². The lowest BCUT2D eigenvalue weighted by atomic mass is 9.98. The lowest BCUT2D eigenvalue weighted by Crippen LogP contribution is -2.45. The number of carbonyl (C=O) groups is 3. The molecular formula is C17H29NO6. The number of esters is 2. The first-order chi connectivity index (χ1) is 10.9. The average molecular weight is 343 g/mol. The summed E-state index contributed by atoms with van der Waals surface area (Å²) in [4.78, 5) is 37.3. The minimum Gasteiger partial charge on any atom is -0.444 e. The summed E-state index contributed by atoms with van der Waals surface area (Å²) in [5, 5.41) is 0. The Bertz CT molecular complexity index is 474. The summed E-state index contributed by atoms with van der Waals surface area (Å²) in [6, 6.07) is 0. The van der Waals surface area contributed by atoms with Crippen molar-refractivity contribution in [1.29, 1.82) is 0 Å². The smallest absolute Gasteiger partial charge is 0.410 e. The van der Waals surface area contributed by atoms with Crippen molar-refractivity contribution in [2.45, 2.75) is 60.0 Å². The molecule has 138 valence electrons. The van der Waals surface area contributed by atoms with Gasteiger partial charge in [0, 0.05) is 13.1 Å². The number of amides is 1. The van der Waals surface area contributed by atoms with Crippen LogP contribution in [0.2, 0.25) is 0 Å². The van der Waals surface area contributed by atoms with Crippen molar-refractivity contribution in [2.75, 3.05) is 19.9 Å². The maximum Gasteiger partial charge on any atom is 0.410 e. The second-order valence-electron chi connectivity index (χ2n) is 8.03. The molecule has 1 saturated heterocycles. The number of nitrogens with zero attached hydrogens (tertiary/aromatic N) is 1. The van der Waals surface area contributed by atoms with Crippen LogP contribution in [0.25, 0.3) is 0 Å². The highest BCUT2D eigenvalue weighted by Gasteiger charge is 2.32. The third-order valence-corrected chi connectivity index (χ3v) is 3.41. The zero-order valence-electron chi connectivity index (χ0n) is 15.5. The van der Waals surface area contributed by atoms with Crippen LogP contribution >= 0.6 is 0 Å². The van der Waals surface area contributed by atoms with E-state index < -0.39 is 41.8 Å². The van der Waals surface area contributed by atoms with Crippen molar-refractivity contribution < 1.29 is 28.6 Å². The predicted molar refractivity (Wildman–Crippen MR) is 87.0 cm³/mol. The van der Waals surface area contributed by atoms with Gasteiger partial charge in [0.1, 0.15) is 5.60 Å². The third kappa shape index (κ3) is 6.76. The van der Waals surface area contributed by atoms with Gasteiger partial charge in [-0.15, -0.1) is 0 Å². The molecule has 1 aliphatic rings. The van der Waals surface area contributed by atoms with Crippen LogP contribution in [0.4, 0.5) is 4.79 Å².